The Morgan fingerprint density at radius 2 is 2.07 bits per heavy atom. The maximum atomic E-state index is 12.7. The topological polar surface area (TPSA) is 98.8 Å². The molecular weight excluding hydrogens is 404 g/mol. The molecule has 2 aromatic carbocycles. The predicted molar refractivity (Wildman–Crippen MR) is 114 cm³/mol. The molecule has 2 aromatic heterocycles. The van der Waals surface area contributed by atoms with Crippen molar-refractivity contribution < 1.29 is 14.5 Å². The molecule has 8 nitrogen and oxygen atoms in total. The van der Waals surface area contributed by atoms with E-state index in [1.165, 1.54) is 23.5 Å². The molecule has 0 atom stereocenters. The second kappa shape index (κ2) is 7.96. The van der Waals surface area contributed by atoms with E-state index in [0.29, 0.717) is 27.6 Å². The minimum Gasteiger partial charge on any atom is -0.497 e. The summed E-state index contributed by atoms with van der Waals surface area (Å²) in [5, 5.41) is 13.9. The molecular formula is C21H18N4O4S. The average Bonchev–Trinajstić information content (AvgIpc) is 3.32. The first kappa shape index (κ1) is 19.6. The van der Waals surface area contributed by atoms with E-state index in [0.717, 1.165) is 17.0 Å². The van der Waals surface area contributed by atoms with Crippen LogP contribution in [-0.2, 0) is 6.54 Å². The number of aromatic nitrogens is 2. The highest BCUT2D eigenvalue weighted by molar-refractivity contribution is 7.19. The van der Waals surface area contributed by atoms with Crippen LogP contribution in [0.5, 0.6) is 5.75 Å². The summed E-state index contributed by atoms with van der Waals surface area (Å²) >= 11 is 1.28. The molecule has 1 N–H and O–H groups in total. The van der Waals surface area contributed by atoms with Gasteiger partial charge >= 0.3 is 0 Å². The van der Waals surface area contributed by atoms with Crippen LogP contribution >= 0.6 is 11.3 Å². The Labute approximate surface area is 175 Å². The lowest BCUT2D eigenvalue weighted by Crippen LogP contribution is -2.22. The van der Waals surface area contributed by atoms with Crippen LogP contribution in [0.4, 0.5) is 5.69 Å². The molecule has 0 aliphatic heterocycles. The average molecular weight is 422 g/mol. The van der Waals surface area contributed by atoms with Gasteiger partial charge in [-0.15, -0.1) is 0 Å². The van der Waals surface area contributed by atoms with Crippen LogP contribution in [0, 0.1) is 17.0 Å². The number of benzene rings is 2. The van der Waals surface area contributed by atoms with Gasteiger partial charge in [0.05, 0.1) is 17.7 Å². The molecule has 0 saturated carbocycles. The monoisotopic (exact) mass is 422 g/mol. The molecule has 0 saturated heterocycles. The van der Waals surface area contributed by atoms with Crippen molar-refractivity contribution in [3.63, 3.8) is 0 Å². The third-order valence-electron chi connectivity index (χ3n) is 4.70. The number of hydrogen-bond donors (Lipinski definition) is 1. The van der Waals surface area contributed by atoms with Gasteiger partial charge < -0.3 is 10.1 Å². The van der Waals surface area contributed by atoms with E-state index >= 15 is 0 Å². The fourth-order valence-electron chi connectivity index (χ4n) is 3.12. The Hall–Kier alpha value is -3.72. The number of carbonyl (C=O) groups excluding carboxylic acids is 1. The van der Waals surface area contributed by atoms with Crippen molar-refractivity contribution in [2.24, 2.45) is 0 Å². The summed E-state index contributed by atoms with van der Waals surface area (Å²) in [5.41, 5.74) is 3.00. The van der Waals surface area contributed by atoms with Gasteiger partial charge in [-0.05, 0) is 24.6 Å². The normalized spacial score (nSPS) is 10.9. The standard InChI is InChI=1S/C21H18N4O4S/c1-13-19(20(26)22-11-14-5-3-8-17(9-14)29-2)30-21-23-18(12-24(13)21)15-6-4-7-16(10-15)25(27)28/h3-10,12H,11H2,1-2H3,(H,22,26). The fraction of sp³-hybridized carbons (Fsp3) is 0.143. The molecule has 0 fully saturated rings. The number of nitrogens with zero attached hydrogens (tertiary/aromatic N) is 3. The first-order valence-corrected chi connectivity index (χ1v) is 9.92. The van der Waals surface area contributed by atoms with Crippen LogP contribution in [0.3, 0.4) is 0 Å². The number of nitro groups is 1. The van der Waals surface area contributed by atoms with Crippen LogP contribution in [0.1, 0.15) is 20.9 Å². The zero-order valence-electron chi connectivity index (χ0n) is 16.3. The molecule has 0 spiro atoms. The number of ether oxygens (including phenoxy) is 1. The summed E-state index contributed by atoms with van der Waals surface area (Å²) in [6, 6.07) is 13.9. The molecule has 9 heteroatoms. The van der Waals surface area contributed by atoms with E-state index in [9.17, 15) is 14.9 Å². The van der Waals surface area contributed by atoms with Crippen molar-refractivity contribution in [3.05, 3.63) is 81.0 Å². The van der Waals surface area contributed by atoms with Crippen molar-refractivity contribution >= 4 is 27.9 Å². The Morgan fingerprint density at radius 1 is 1.27 bits per heavy atom. The maximum Gasteiger partial charge on any atom is 0.270 e. The molecule has 0 radical (unpaired) electrons. The molecule has 0 aliphatic carbocycles. The molecule has 2 heterocycles. The first-order valence-electron chi connectivity index (χ1n) is 9.10. The molecule has 4 rings (SSSR count). The molecule has 4 aromatic rings. The van der Waals surface area contributed by atoms with Gasteiger partial charge in [-0.1, -0.05) is 35.6 Å². The number of carbonyl (C=O) groups is 1. The van der Waals surface area contributed by atoms with E-state index in [1.54, 1.807) is 25.4 Å². The predicted octanol–water partition coefficient (Wildman–Crippen LogP) is 4.22. The van der Waals surface area contributed by atoms with Gasteiger partial charge in [-0.3, -0.25) is 19.3 Å². The zero-order chi connectivity index (χ0) is 21.3. The molecule has 1 amide bonds. The van der Waals surface area contributed by atoms with Crippen LogP contribution < -0.4 is 10.1 Å². The van der Waals surface area contributed by atoms with Crippen molar-refractivity contribution in [2.45, 2.75) is 13.5 Å². The van der Waals surface area contributed by atoms with E-state index in [4.69, 9.17) is 4.74 Å². The highest BCUT2D eigenvalue weighted by atomic mass is 32.1. The van der Waals surface area contributed by atoms with Crippen molar-refractivity contribution in [1.82, 2.24) is 14.7 Å². The van der Waals surface area contributed by atoms with Gasteiger partial charge in [0.1, 0.15) is 10.6 Å². The number of thiazole rings is 1. The Morgan fingerprint density at radius 3 is 2.80 bits per heavy atom. The first-order chi connectivity index (χ1) is 14.5. The zero-order valence-corrected chi connectivity index (χ0v) is 17.1. The largest absolute Gasteiger partial charge is 0.497 e. The van der Waals surface area contributed by atoms with Crippen molar-refractivity contribution in [3.8, 4) is 17.0 Å². The lowest BCUT2D eigenvalue weighted by molar-refractivity contribution is -0.384. The number of nitro benzene ring substituents is 1. The van der Waals surface area contributed by atoms with E-state index in [1.807, 2.05) is 35.6 Å². The molecule has 152 valence electrons. The van der Waals surface area contributed by atoms with Gasteiger partial charge in [-0.25, -0.2) is 4.98 Å². The Kier molecular flexibility index (Phi) is 5.20. The Bertz CT molecular complexity index is 1260. The minimum atomic E-state index is -0.433. The van der Waals surface area contributed by atoms with Gasteiger partial charge in [0.15, 0.2) is 4.96 Å². The summed E-state index contributed by atoms with van der Waals surface area (Å²) in [4.78, 5) is 29.0. The summed E-state index contributed by atoms with van der Waals surface area (Å²) in [5.74, 6) is 0.559. The number of aryl methyl sites for hydroxylation is 1. The third kappa shape index (κ3) is 3.74. The number of nitrogens with one attached hydrogen (secondary N) is 1. The number of amides is 1. The number of rotatable bonds is 6. The van der Waals surface area contributed by atoms with Crippen molar-refractivity contribution in [2.75, 3.05) is 7.11 Å². The van der Waals surface area contributed by atoms with Crippen molar-refractivity contribution in [1.29, 1.82) is 0 Å². The summed E-state index contributed by atoms with van der Waals surface area (Å²) in [6.07, 6.45) is 1.79. The second-order valence-electron chi connectivity index (χ2n) is 6.64. The quantitative estimate of drug-likeness (QED) is 0.371. The second-order valence-corrected chi connectivity index (χ2v) is 7.61. The minimum absolute atomic E-state index is 0.0122. The lowest BCUT2D eigenvalue weighted by Gasteiger charge is -2.06. The Balaban J connectivity index is 1.55. The number of hydrogen-bond acceptors (Lipinski definition) is 6. The van der Waals surface area contributed by atoms with E-state index in [2.05, 4.69) is 10.3 Å². The highest BCUT2D eigenvalue weighted by Gasteiger charge is 2.18. The highest BCUT2D eigenvalue weighted by Crippen LogP contribution is 2.28. The molecule has 30 heavy (non-hydrogen) atoms. The van der Waals surface area contributed by atoms with Gasteiger partial charge in [0, 0.05) is 36.1 Å². The smallest absolute Gasteiger partial charge is 0.270 e. The summed E-state index contributed by atoms with van der Waals surface area (Å²) in [7, 11) is 1.60. The molecule has 0 bridgehead atoms. The summed E-state index contributed by atoms with van der Waals surface area (Å²) < 4.78 is 7.04. The number of methoxy groups -OCH3 is 1. The maximum absolute atomic E-state index is 12.7. The molecule has 0 unspecified atom stereocenters. The summed E-state index contributed by atoms with van der Waals surface area (Å²) in [6.45, 7) is 2.23. The van der Waals surface area contributed by atoms with E-state index in [-0.39, 0.29) is 11.6 Å². The van der Waals surface area contributed by atoms with E-state index < -0.39 is 4.92 Å². The van der Waals surface area contributed by atoms with Crippen LogP contribution in [0.25, 0.3) is 16.2 Å². The fourth-order valence-corrected chi connectivity index (χ4v) is 4.15. The number of fused-ring (bicyclic) bond motifs is 1. The lowest BCUT2D eigenvalue weighted by atomic mass is 10.1. The van der Waals surface area contributed by atoms with Gasteiger partial charge in [-0.2, -0.15) is 0 Å². The SMILES string of the molecule is COc1cccc(CNC(=O)c2sc3nc(-c4cccc([N+](=O)[O-])c4)cn3c2C)c1. The number of imidazole rings is 1. The van der Waals surface area contributed by atoms with Crippen LogP contribution in [0.15, 0.2) is 54.7 Å². The molecule has 0 aliphatic rings. The third-order valence-corrected chi connectivity index (χ3v) is 5.86. The van der Waals surface area contributed by atoms with Crippen LogP contribution in [0.2, 0.25) is 0 Å². The van der Waals surface area contributed by atoms with Gasteiger partial charge in [0.2, 0.25) is 0 Å². The van der Waals surface area contributed by atoms with Gasteiger partial charge in [0.25, 0.3) is 11.6 Å². The van der Waals surface area contributed by atoms with Crippen LogP contribution in [-0.4, -0.2) is 27.3 Å². The number of non-ortho nitro benzene ring substituents is 1.